The first-order valence-corrected chi connectivity index (χ1v) is 5.78. The van der Waals surface area contributed by atoms with E-state index in [1.807, 2.05) is 0 Å². The number of halogens is 1. The normalized spacial score (nSPS) is 10.3. The number of hydrogen-bond donors (Lipinski definition) is 1. The van der Waals surface area contributed by atoms with Gasteiger partial charge in [-0.1, -0.05) is 11.6 Å². The van der Waals surface area contributed by atoms with E-state index in [2.05, 4.69) is 0 Å². The lowest BCUT2D eigenvalue weighted by atomic mass is 10.2. The molecule has 0 bridgehead atoms. The third kappa shape index (κ3) is 2.65. The van der Waals surface area contributed by atoms with Crippen molar-refractivity contribution in [2.24, 2.45) is 0 Å². The predicted octanol–water partition coefficient (Wildman–Crippen LogP) is 2.79. The molecule has 2 rings (SSSR count). The molecule has 0 spiro atoms. The van der Waals surface area contributed by atoms with Crippen LogP contribution in [0.4, 0.5) is 5.69 Å². The van der Waals surface area contributed by atoms with Gasteiger partial charge in [0, 0.05) is 24.3 Å². The Kier molecular flexibility index (Phi) is 3.58. The van der Waals surface area contributed by atoms with E-state index >= 15 is 0 Å². The van der Waals surface area contributed by atoms with Crippen LogP contribution in [0.25, 0.3) is 0 Å². The van der Waals surface area contributed by atoms with Crippen molar-refractivity contribution in [1.82, 2.24) is 4.90 Å². The summed E-state index contributed by atoms with van der Waals surface area (Å²) in [7, 11) is 1.68. The number of hydrogen-bond acceptors (Lipinski definition) is 3. The minimum Gasteiger partial charge on any atom is -0.459 e. The molecule has 0 aliphatic heterocycles. The van der Waals surface area contributed by atoms with E-state index in [0.717, 1.165) is 5.56 Å². The average molecular weight is 265 g/mol. The van der Waals surface area contributed by atoms with Crippen LogP contribution >= 0.6 is 11.6 Å². The molecule has 0 radical (unpaired) electrons. The lowest BCUT2D eigenvalue weighted by molar-refractivity contribution is 0.0753. The van der Waals surface area contributed by atoms with E-state index in [0.29, 0.717) is 23.0 Å². The van der Waals surface area contributed by atoms with Gasteiger partial charge in [-0.15, -0.1) is 0 Å². The third-order valence-electron chi connectivity index (χ3n) is 2.56. The molecule has 2 N–H and O–H groups in total. The van der Waals surface area contributed by atoms with Gasteiger partial charge in [0.25, 0.3) is 5.91 Å². The van der Waals surface area contributed by atoms with Gasteiger partial charge in [-0.25, -0.2) is 0 Å². The van der Waals surface area contributed by atoms with E-state index in [1.54, 1.807) is 37.4 Å². The van der Waals surface area contributed by atoms with Crippen molar-refractivity contribution < 1.29 is 9.21 Å². The summed E-state index contributed by atoms with van der Waals surface area (Å²) in [6, 6.07) is 8.50. The van der Waals surface area contributed by atoms with Crippen LogP contribution in [0.3, 0.4) is 0 Å². The number of benzene rings is 1. The molecule has 0 atom stereocenters. The second-order valence-corrected chi connectivity index (χ2v) is 4.40. The molecule has 0 aliphatic carbocycles. The van der Waals surface area contributed by atoms with Crippen molar-refractivity contribution in [2.75, 3.05) is 12.8 Å². The summed E-state index contributed by atoms with van der Waals surface area (Å²) in [6.45, 7) is 0.378. The summed E-state index contributed by atoms with van der Waals surface area (Å²) in [5.74, 6) is 0.107. The monoisotopic (exact) mass is 264 g/mol. The SMILES string of the molecule is CN(Cc1cc(N)ccc1Cl)C(=O)c1ccco1. The first-order chi connectivity index (χ1) is 8.58. The summed E-state index contributed by atoms with van der Waals surface area (Å²) in [4.78, 5) is 13.5. The van der Waals surface area contributed by atoms with Gasteiger partial charge in [0.05, 0.1) is 6.26 Å². The number of carbonyl (C=O) groups is 1. The molecule has 94 valence electrons. The summed E-state index contributed by atoms with van der Waals surface area (Å²) in [5, 5.41) is 0.586. The van der Waals surface area contributed by atoms with Crippen molar-refractivity contribution in [3.63, 3.8) is 0 Å². The Balaban J connectivity index is 2.14. The molecule has 0 aliphatic rings. The van der Waals surface area contributed by atoms with Gasteiger partial charge < -0.3 is 15.1 Å². The van der Waals surface area contributed by atoms with Gasteiger partial charge in [0.1, 0.15) is 0 Å². The van der Waals surface area contributed by atoms with E-state index in [1.165, 1.54) is 11.2 Å². The van der Waals surface area contributed by atoms with Crippen LogP contribution in [0.5, 0.6) is 0 Å². The number of carbonyl (C=O) groups excluding carboxylic acids is 1. The van der Waals surface area contributed by atoms with Gasteiger partial charge in [0.2, 0.25) is 0 Å². The van der Waals surface area contributed by atoms with Crippen LogP contribution in [0.2, 0.25) is 5.02 Å². The fraction of sp³-hybridized carbons (Fsp3) is 0.154. The molecule has 1 aromatic carbocycles. The van der Waals surface area contributed by atoms with Crippen LogP contribution < -0.4 is 5.73 Å². The molecule has 18 heavy (non-hydrogen) atoms. The minimum absolute atomic E-state index is 0.196. The number of amides is 1. The fourth-order valence-corrected chi connectivity index (χ4v) is 1.81. The number of furan rings is 1. The highest BCUT2D eigenvalue weighted by Crippen LogP contribution is 2.20. The zero-order chi connectivity index (χ0) is 13.1. The lowest BCUT2D eigenvalue weighted by Gasteiger charge is -2.17. The number of nitrogen functional groups attached to an aromatic ring is 1. The Hall–Kier alpha value is -1.94. The summed E-state index contributed by atoms with van der Waals surface area (Å²) < 4.78 is 5.06. The summed E-state index contributed by atoms with van der Waals surface area (Å²) >= 11 is 6.05. The largest absolute Gasteiger partial charge is 0.459 e. The number of anilines is 1. The lowest BCUT2D eigenvalue weighted by Crippen LogP contribution is -2.25. The molecular weight excluding hydrogens is 252 g/mol. The number of rotatable bonds is 3. The second-order valence-electron chi connectivity index (χ2n) is 3.99. The van der Waals surface area contributed by atoms with E-state index in [4.69, 9.17) is 21.8 Å². The topological polar surface area (TPSA) is 59.5 Å². The Morgan fingerprint density at radius 1 is 1.44 bits per heavy atom. The van der Waals surface area contributed by atoms with Crippen molar-refractivity contribution in [3.8, 4) is 0 Å². The maximum atomic E-state index is 12.0. The molecule has 0 saturated heterocycles. The van der Waals surface area contributed by atoms with Crippen molar-refractivity contribution in [3.05, 3.63) is 52.9 Å². The second kappa shape index (κ2) is 5.14. The van der Waals surface area contributed by atoms with Crippen LogP contribution in [0.15, 0.2) is 41.0 Å². The van der Waals surface area contributed by atoms with Gasteiger partial charge in [0.15, 0.2) is 5.76 Å². The smallest absolute Gasteiger partial charge is 0.289 e. The number of nitrogens with zero attached hydrogens (tertiary/aromatic N) is 1. The maximum absolute atomic E-state index is 12.0. The summed E-state index contributed by atoms with van der Waals surface area (Å²) in [6.07, 6.45) is 1.47. The highest BCUT2D eigenvalue weighted by atomic mass is 35.5. The van der Waals surface area contributed by atoms with E-state index < -0.39 is 0 Å². The first-order valence-electron chi connectivity index (χ1n) is 5.41. The Labute approximate surface area is 110 Å². The molecule has 1 amide bonds. The maximum Gasteiger partial charge on any atom is 0.289 e. The molecule has 0 unspecified atom stereocenters. The highest BCUT2D eigenvalue weighted by Gasteiger charge is 2.15. The van der Waals surface area contributed by atoms with Crippen molar-refractivity contribution in [2.45, 2.75) is 6.54 Å². The van der Waals surface area contributed by atoms with Gasteiger partial charge in [-0.2, -0.15) is 0 Å². The third-order valence-corrected chi connectivity index (χ3v) is 2.92. The quantitative estimate of drug-likeness (QED) is 0.867. The standard InChI is InChI=1S/C13H13ClN2O2/c1-16(13(17)12-3-2-6-18-12)8-9-7-10(15)4-5-11(9)14/h2-7H,8,15H2,1H3. The van der Waals surface area contributed by atoms with Crippen LogP contribution in [-0.2, 0) is 6.54 Å². The number of nitrogens with two attached hydrogens (primary N) is 1. The molecular formula is C13H13ClN2O2. The van der Waals surface area contributed by atoms with Crippen LogP contribution in [-0.4, -0.2) is 17.9 Å². The summed E-state index contributed by atoms with van der Waals surface area (Å²) in [5.41, 5.74) is 7.12. The zero-order valence-electron chi connectivity index (χ0n) is 9.89. The molecule has 4 nitrogen and oxygen atoms in total. The molecule has 0 saturated carbocycles. The predicted molar refractivity (Wildman–Crippen MR) is 70.4 cm³/mol. The van der Waals surface area contributed by atoms with Gasteiger partial charge >= 0.3 is 0 Å². The molecule has 5 heteroatoms. The fourth-order valence-electron chi connectivity index (χ4n) is 1.63. The van der Waals surface area contributed by atoms with E-state index in [-0.39, 0.29) is 5.91 Å². The van der Waals surface area contributed by atoms with Crippen molar-refractivity contribution in [1.29, 1.82) is 0 Å². The minimum atomic E-state index is -0.196. The first kappa shape index (κ1) is 12.5. The highest BCUT2D eigenvalue weighted by molar-refractivity contribution is 6.31. The molecule has 2 aromatic rings. The van der Waals surface area contributed by atoms with Gasteiger partial charge in [-0.05, 0) is 35.9 Å². The zero-order valence-corrected chi connectivity index (χ0v) is 10.6. The van der Waals surface area contributed by atoms with Crippen molar-refractivity contribution >= 4 is 23.2 Å². The van der Waals surface area contributed by atoms with E-state index in [9.17, 15) is 4.79 Å². The van der Waals surface area contributed by atoms with Crippen LogP contribution in [0.1, 0.15) is 16.1 Å². The average Bonchev–Trinajstić information content (AvgIpc) is 2.86. The molecule has 1 heterocycles. The Morgan fingerprint density at radius 2 is 2.22 bits per heavy atom. The Morgan fingerprint density at radius 3 is 2.89 bits per heavy atom. The molecule has 1 aromatic heterocycles. The Bertz CT molecular complexity index is 552. The molecule has 0 fully saturated rings. The van der Waals surface area contributed by atoms with Gasteiger partial charge in [-0.3, -0.25) is 4.79 Å². The van der Waals surface area contributed by atoms with Crippen LogP contribution in [0, 0.1) is 0 Å².